The average Bonchev–Trinajstić information content (AvgIpc) is 2.69. The second kappa shape index (κ2) is 8.52. The van der Waals surface area contributed by atoms with Gasteiger partial charge in [-0.1, -0.05) is 6.07 Å². The fourth-order valence-corrected chi connectivity index (χ4v) is 4.01. The molecule has 2 heterocycles. The Morgan fingerprint density at radius 1 is 1.07 bits per heavy atom. The van der Waals surface area contributed by atoms with Gasteiger partial charge in [-0.15, -0.1) is 0 Å². The Hall–Kier alpha value is -2.08. The third kappa shape index (κ3) is 4.85. The first-order valence-electron chi connectivity index (χ1n) is 10.2. The van der Waals surface area contributed by atoms with Gasteiger partial charge in [0.2, 0.25) is 11.8 Å². The largest absolute Gasteiger partial charge is 0.491 e. The van der Waals surface area contributed by atoms with E-state index in [1.807, 2.05) is 34.9 Å². The number of rotatable bonds is 4. The summed E-state index contributed by atoms with van der Waals surface area (Å²) in [6.07, 6.45) is 2.51. The number of nitrogens with zero attached hydrogens (tertiary/aromatic N) is 2. The molecule has 0 saturated carbocycles. The van der Waals surface area contributed by atoms with Crippen LogP contribution in [0.4, 0.5) is 0 Å². The Morgan fingerprint density at radius 3 is 2.29 bits per heavy atom. The predicted molar refractivity (Wildman–Crippen MR) is 107 cm³/mol. The number of ether oxygens (including phenoxy) is 1. The number of carbonyl (C=O) groups is 2. The molecule has 2 fully saturated rings. The van der Waals surface area contributed by atoms with Gasteiger partial charge in [-0.05, 0) is 62.8 Å². The molecule has 3 rings (SSSR count). The minimum Gasteiger partial charge on any atom is -0.491 e. The summed E-state index contributed by atoms with van der Waals surface area (Å²) in [4.78, 5) is 27.9. The Balaban J connectivity index is 1.47. The Labute approximate surface area is 167 Å². The molecule has 0 aliphatic carbocycles. The van der Waals surface area contributed by atoms with Gasteiger partial charge in [0, 0.05) is 39.0 Å². The molecule has 0 unspecified atom stereocenters. The maximum atomic E-state index is 12.8. The molecule has 0 radical (unpaired) electrons. The standard InChI is InChI=1S/C22H32N2O4/c1-16-4-5-20(14-17(16)2)28-15-22(27)8-12-24(13-9-22)21(26)19-6-10-23(11-7-19)18(3)25/h4-5,14,19,27H,6-13,15H2,1-3H3. The quantitative estimate of drug-likeness (QED) is 0.859. The summed E-state index contributed by atoms with van der Waals surface area (Å²) in [6, 6.07) is 5.94. The van der Waals surface area contributed by atoms with Gasteiger partial charge in [0.25, 0.3) is 0 Å². The fraction of sp³-hybridized carbons (Fsp3) is 0.636. The van der Waals surface area contributed by atoms with Gasteiger partial charge in [-0.3, -0.25) is 9.59 Å². The summed E-state index contributed by atoms with van der Waals surface area (Å²) in [5.41, 5.74) is 1.49. The topological polar surface area (TPSA) is 70.1 Å². The van der Waals surface area contributed by atoms with Crippen molar-refractivity contribution < 1.29 is 19.4 Å². The highest BCUT2D eigenvalue weighted by Crippen LogP contribution is 2.27. The van der Waals surface area contributed by atoms with Crippen molar-refractivity contribution in [3.05, 3.63) is 29.3 Å². The Bertz CT molecular complexity index is 717. The third-order valence-electron chi connectivity index (χ3n) is 6.28. The summed E-state index contributed by atoms with van der Waals surface area (Å²) >= 11 is 0. The smallest absolute Gasteiger partial charge is 0.225 e. The van der Waals surface area contributed by atoms with E-state index >= 15 is 0 Å². The van der Waals surface area contributed by atoms with Crippen LogP contribution >= 0.6 is 0 Å². The van der Waals surface area contributed by atoms with Crippen LogP contribution in [0.1, 0.15) is 43.7 Å². The first-order valence-corrected chi connectivity index (χ1v) is 10.2. The van der Waals surface area contributed by atoms with Crippen LogP contribution in [0.5, 0.6) is 5.75 Å². The van der Waals surface area contributed by atoms with Gasteiger partial charge in [0.15, 0.2) is 0 Å². The highest BCUT2D eigenvalue weighted by molar-refractivity contribution is 5.80. The van der Waals surface area contributed by atoms with Crippen LogP contribution in [0.25, 0.3) is 0 Å². The average molecular weight is 389 g/mol. The molecule has 0 spiro atoms. The van der Waals surface area contributed by atoms with Crippen LogP contribution < -0.4 is 4.74 Å². The Kier molecular flexibility index (Phi) is 6.28. The highest BCUT2D eigenvalue weighted by atomic mass is 16.5. The van der Waals surface area contributed by atoms with Crippen LogP contribution in [-0.4, -0.2) is 65.1 Å². The predicted octanol–water partition coefficient (Wildman–Crippen LogP) is 2.29. The summed E-state index contributed by atoms with van der Waals surface area (Å²) < 4.78 is 5.84. The Morgan fingerprint density at radius 2 is 1.71 bits per heavy atom. The van der Waals surface area contributed by atoms with Gasteiger partial charge in [-0.2, -0.15) is 0 Å². The van der Waals surface area contributed by atoms with Gasteiger partial charge in [0.05, 0.1) is 0 Å². The molecule has 154 valence electrons. The maximum absolute atomic E-state index is 12.8. The van der Waals surface area contributed by atoms with Crippen molar-refractivity contribution in [1.29, 1.82) is 0 Å². The lowest BCUT2D eigenvalue weighted by Gasteiger charge is -2.40. The summed E-state index contributed by atoms with van der Waals surface area (Å²) in [7, 11) is 0. The molecule has 2 amide bonds. The second-order valence-electron chi connectivity index (χ2n) is 8.36. The SMILES string of the molecule is CC(=O)N1CCC(C(=O)N2CCC(O)(COc3ccc(C)c(C)c3)CC2)CC1. The molecular formula is C22H32N2O4. The van der Waals surface area contributed by atoms with Crippen molar-refractivity contribution in [3.8, 4) is 5.75 Å². The van der Waals surface area contributed by atoms with E-state index in [4.69, 9.17) is 4.74 Å². The molecule has 6 heteroatoms. The van der Waals surface area contributed by atoms with E-state index in [9.17, 15) is 14.7 Å². The lowest BCUT2D eigenvalue weighted by Crippen LogP contribution is -2.52. The molecule has 0 bridgehead atoms. The minimum absolute atomic E-state index is 0.00595. The molecule has 1 aromatic carbocycles. The van der Waals surface area contributed by atoms with Crippen molar-refractivity contribution in [1.82, 2.24) is 9.80 Å². The van der Waals surface area contributed by atoms with E-state index in [2.05, 4.69) is 6.92 Å². The molecule has 1 N–H and O–H groups in total. The number of hydrogen-bond acceptors (Lipinski definition) is 4. The van der Waals surface area contributed by atoms with Crippen LogP contribution in [0.3, 0.4) is 0 Å². The number of aliphatic hydroxyl groups is 1. The molecule has 1 aromatic rings. The molecule has 28 heavy (non-hydrogen) atoms. The number of amides is 2. The first-order chi connectivity index (χ1) is 13.3. The number of likely N-dealkylation sites (tertiary alicyclic amines) is 2. The lowest BCUT2D eigenvalue weighted by atomic mass is 9.89. The van der Waals surface area contributed by atoms with Gasteiger partial charge in [-0.25, -0.2) is 0 Å². The van der Waals surface area contributed by atoms with Crippen LogP contribution in [0.15, 0.2) is 18.2 Å². The maximum Gasteiger partial charge on any atom is 0.225 e. The molecule has 0 aromatic heterocycles. The molecule has 2 saturated heterocycles. The summed E-state index contributed by atoms with van der Waals surface area (Å²) in [6.45, 7) is 8.35. The number of hydrogen-bond donors (Lipinski definition) is 1. The van der Waals surface area contributed by atoms with Crippen molar-refractivity contribution in [3.63, 3.8) is 0 Å². The van der Waals surface area contributed by atoms with Crippen LogP contribution in [0.2, 0.25) is 0 Å². The van der Waals surface area contributed by atoms with Crippen molar-refractivity contribution in [2.24, 2.45) is 5.92 Å². The molecule has 2 aliphatic heterocycles. The van der Waals surface area contributed by atoms with Crippen LogP contribution in [0, 0.1) is 19.8 Å². The zero-order chi connectivity index (χ0) is 20.3. The van der Waals surface area contributed by atoms with Crippen molar-refractivity contribution >= 4 is 11.8 Å². The zero-order valence-corrected chi connectivity index (χ0v) is 17.2. The normalized spacial score (nSPS) is 20.1. The summed E-state index contributed by atoms with van der Waals surface area (Å²) in [5.74, 6) is 1.01. The first kappa shape index (κ1) is 20.6. The number of benzene rings is 1. The van der Waals surface area contributed by atoms with Crippen LogP contribution in [-0.2, 0) is 9.59 Å². The van der Waals surface area contributed by atoms with E-state index in [1.165, 1.54) is 11.1 Å². The molecule has 6 nitrogen and oxygen atoms in total. The van der Waals surface area contributed by atoms with E-state index < -0.39 is 5.60 Å². The zero-order valence-electron chi connectivity index (χ0n) is 17.2. The van der Waals surface area contributed by atoms with E-state index in [1.54, 1.807) is 6.92 Å². The minimum atomic E-state index is -0.895. The number of aryl methyl sites for hydroxylation is 2. The van der Waals surface area contributed by atoms with Gasteiger partial charge in [0.1, 0.15) is 18.0 Å². The van der Waals surface area contributed by atoms with Crippen molar-refractivity contribution in [2.45, 2.75) is 52.1 Å². The van der Waals surface area contributed by atoms with E-state index in [0.717, 1.165) is 18.6 Å². The van der Waals surface area contributed by atoms with E-state index in [-0.39, 0.29) is 24.3 Å². The van der Waals surface area contributed by atoms with E-state index in [0.29, 0.717) is 39.0 Å². The molecule has 2 aliphatic rings. The van der Waals surface area contributed by atoms with Gasteiger partial charge >= 0.3 is 0 Å². The fourth-order valence-electron chi connectivity index (χ4n) is 4.01. The highest BCUT2D eigenvalue weighted by Gasteiger charge is 2.37. The second-order valence-corrected chi connectivity index (χ2v) is 8.36. The van der Waals surface area contributed by atoms with Crippen molar-refractivity contribution in [2.75, 3.05) is 32.8 Å². The third-order valence-corrected chi connectivity index (χ3v) is 6.28. The lowest BCUT2D eigenvalue weighted by molar-refractivity contribution is -0.144. The monoisotopic (exact) mass is 388 g/mol. The van der Waals surface area contributed by atoms with Gasteiger partial charge < -0.3 is 19.6 Å². The molecule has 0 atom stereocenters. The number of carbonyl (C=O) groups excluding carboxylic acids is 2. The number of piperidine rings is 2. The molecular weight excluding hydrogens is 356 g/mol. The summed E-state index contributed by atoms with van der Waals surface area (Å²) in [5, 5.41) is 10.9.